The minimum Gasteiger partial charge on any atom is -0.382 e. The summed E-state index contributed by atoms with van der Waals surface area (Å²) in [6, 6.07) is 14.5. The summed E-state index contributed by atoms with van der Waals surface area (Å²) in [4.78, 5) is 0. The van der Waals surface area contributed by atoms with Gasteiger partial charge in [-0.3, -0.25) is 0 Å². The summed E-state index contributed by atoms with van der Waals surface area (Å²) in [7, 11) is 0. The third-order valence-corrected chi connectivity index (χ3v) is 4.12. The van der Waals surface area contributed by atoms with E-state index in [1.165, 1.54) is 0 Å². The molecule has 2 aromatic carbocycles. The van der Waals surface area contributed by atoms with Crippen LogP contribution in [0.2, 0.25) is 0 Å². The zero-order chi connectivity index (χ0) is 17.1. The average molecular weight is 319 g/mol. The lowest BCUT2D eigenvalue weighted by atomic mass is 10.0. The van der Waals surface area contributed by atoms with Crippen LogP contribution in [0, 0.1) is 11.3 Å². The molecule has 1 aliphatic heterocycles. The van der Waals surface area contributed by atoms with E-state index in [1.807, 2.05) is 12.1 Å². The highest BCUT2D eigenvalue weighted by Gasteiger charge is 2.17. The SMILES string of the molecule is C=C1CCNc2c(cccc2/C(F)=C(\C)c2ccc(C#N)cc2)N1. The van der Waals surface area contributed by atoms with Gasteiger partial charge in [0.25, 0.3) is 0 Å². The number of halogens is 1. The number of hydrogen-bond acceptors (Lipinski definition) is 3. The van der Waals surface area contributed by atoms with E-state index in [0.717, 1.165) is 29.1 Å². The van der Waals surface area contributed by atoms with Gasteiger partial charge in [0, 0.05) is 24.2 Å². The summed E-state index contributed by atoms with van der Waals surface area (Å²) in [5.41, 5.74) is 4.88. The standard InChI is InChI=1S/C20H18FN3/c1-13-10-11-23-20-17(4-3-5-18(20)24-13)19(21)14(2)16-8-6-15(12-22)7-9-16/h3-9,23-24H,1,10-11H2,2H3/b19-14-. The highest BCUT2D eigenvalue weighted by atomic mass is 19.1. The van der Waals surface area contributed by atoms with Gasteiger partial charge in [0.05, 0.1) is 23.0 Å². The molecule has 0 fully saturated rings. The quantitative estimate of drug-likeness (QED) is 0.752. The van der Waals surface area contributed by atoms with Crippen molar-refractivity contribution in [2.45, 2.75) is 13.3 Å². The molecule has 0 bridgehead atoms. The van der Waals surface area contributed by atoms with Crippen LogP contribution in [-0.4, -0.2) is 6.54 Å². The van der Waals surface area contributed by atoms with Crippen LogP contribution in [-0.2, 0) is 0 Å². The zero-order valence-corrected chi connectivity index (χ0v) is 13.5. The minimum atomic E-state index is -0.279. The summed E-state index contributed by atoms with van der Waals surface area (Å²) in [6.45, 7) is 6.42. The maximum Gasteiger partial charge on any atom is 0.136 e. The van der Waals surface area contributed by atoms with Crippen LogP contribution in [0.15, 0.2) is 54.7 Å². The van der Waals surface area contributed by atoms with Gasteiger partial charge in [-0.25, -0.2) is 4.39 Å². The Morgan fingerprint density at radius 3 is 2.67 bits per heavy atom. The second kappa shape index (κ2) is 6.59. The molecule has 0 saturated carbocycles. The Kier molecular flexibility index (Phi) is 4.35. The lowest BCUT2D eigenvalue weighted by molar-refractivity contribution is 0.762. The smallest absolute Gasteiger partial charge is 0.136 e. The summed E-state index contributed by atoms with van der Waals surface area (Å²) in [5.74, 6) is -0.279. The molecule has 3 rings (SSSR count). The minimum absolute atomic E-state index is 0.279. The zero-order valence-electron chi connectivity index (χ0n) is 13.5. The normalized spacial score (nSPS) is 14.5. The van der Waals surface area contributed by atoms with Crippen LogP contribution in [0.4, 0.5) is 15.8 Å². The van der Waals surface area contributed by atoms with Gasteiger partial charge in [-0.2, -0.15) is 5.26 Å². The Hall–Kier alpha value is -3.06. The van der Waals surface area contributed by atoms with Crippen molar-refractivity contribution in [2.24, 2.45) is 0 Å². The van der Waals surface area contributed by atoms with Crippen molar-refractivity contribution in [3.63, 3.8) is 0 Å². The molecule has 0 amide bonds. The highest BCUT2D eigenvalue weighted by Crippen LogP contribution is 2.37. The number of fused-ring (bicyclic) bond motifs is 1. The van der Waals surface area contributed by atoms with E-state index in [2.05, 4.69) is 23.3 Å². The summed E-state index contributed by atoms with van der Waals surface area (Å²) in [5, 5.41) is 15.4. The third-order valence-electron chi connectivity index (χ3n) is 4.12. The fourth-order valence-electron chi connectivity index (χ4n) is 2.74. The fourth-order valence-corrected chi connectivity index (χ4v) is 2.74. The Balaban J connectivity index is 2.05. The molecule has 1 aliphatic rings. The van der Waals surface area contributed by atoms with E-state index in [4.69, 9.17) is 5.26 Å². The molecule has 0 radical (unpaired) electrons. The molecule has 120 valence electrons. The highest BCUT2D eigenvalue weighted by molar-refractivity contribution is 5.93. The van der Waals surface area contributed by atoms with E-state index in [1.54, 1.807) is 37.3 Å². The molecule has 0 aliphatic carbocycles. The summed E-state index contributed by atoms with van der Waals surface area (Å²) >= 11 is 0. The first-order valence-electron chi connectivity index (χ1n) is 7.79. The second-order valence-electron chi connectivity index (χ2n) is 5.76. The molecule has 2 aromatic rings. The van der Waals surface area contributed by atoms with Crippen molar-refractivity contribution >= 4 is 22.8 Å². The first-order chi connectivity index (χ1) is 11.6. The molecule has 1 heterocycles. The molecule has 0 saturated heterocycles. The van der Waals surface area contributed by atoms with Crippen LogP contribution in [0.3, 0.4) is 0 Å². The summed E-state index contributed by atoms with van der Waals surface area (Å²) < 4.78 is 15.1. The number of nitrogens with one attached hydrogen (secondary N) is 2. The average Bonchev–Trinajstić information content (AvgIpc) is 2.80. The molecule has 0 unspecified atom stereocenters. The first kappa shape index (κ1) is 15.8. The number of para-hydroxylation sites is 1. The second-order valence-corrected chi connectivity index (χ2v) is 5.76. The van der Waals surface area contributed by atoms with Crippen LogP contribution in [0.25, 0.3) is 11.4 Å². The van der Waals surface area contributed by atoms with E-state index in [0.29, 0.717) is 23.2 Å². The van der Waals surface area contributed by atoms with Crippen LogP contribution in [0.1, 0.15) is 30.0 Å². The monoisotopic (exact) mass is 319 g/mol. The van der Waals surface area contributed by atoms with Crippen LogP contribution < -0.4 is 10.6 Å². The lowest BCUT2D eigenvalue weighted by Gasteiger charge is -2.14. The lowest BCUT2D eigenvalue weighted by Crippen LogP contribution is -2.01. The number of nitrogens with zero attached hydrogens (tertiary/aromatic N) is 1. The maximum atomic E-state index is 15.1. The molecule has 24 heavy (non-hydrogen) atoms. The number of rotatable bonds is 2. The van der Waals surface area contributed by atoms with Crippen molar-refractivity contribution in [1.29, 1.82) is 5.26 Å². The van der Waals surface area contributed by atoms with Crippen molar-refractivity contribution in [2.75, 3.05) is 17.2 Å². The topological polar surface area (TPSA) is 47.9 Å². The predicted octanol–water partition coefficient (Wildman–Crippen LogP) is 5.16. The van der Waals surface area contributed by atoms with E-state index in [9.17, 15) is 0 Å². The number of anilines is 2. The number of hydrogen-bond donors (Lipinski definition) is 2. The summed E-state index contributed by atoms with van der Waals surface area (Å²) in [6.07, 6.45) is 0.786. The molecule has 0 spiro atoms. The number of nitriles is 1. The van der Waals surface area contributed by atoms with Gasteiger partial charge in [0.15, 0.2) is 0 Å². The van der Waals surface area contributed by atoms with Crippen LogP contribution in [0.5, 0.6) is 0 Å². The van der Waals surface area contributed by atoms with Gasteiger partial charge in [0.2, 0.25) is 0 Å². The Morgan fingerprint density at radius 1 is 1.21 bits per heavy atom. The van der Waals surface area contributed by atoms with E-state index >= 15 is 4.39 Å². The molecular weight excluding hydrogens is 301 g/mol. The predicted molar refractivity (Wildman–Crippen MR) is 97.1 cm³/mol. The van der Waals surface area contributed by atoms with Gasteiger partial charge >= 0.3 is 0 Å². The van der Waals surface area contributed by atoms with E-state index in [-0.39, 0.29) is 5.83 Å². The molecule has 0 atom stereocenters. The molecule has 4 heteroatoms. The van der Waals surface area contributed by atoms with Crippen molar-refractivity contribution in [3.05, 3.63) is 71.4 Å². The van der Waals surface area contributed by atoms with E-state index < -0.39 is 0 Å². The molecular formula is C20H18FN3. The Morgan fingerprint density at radius 2 is 1.96 bits per heavy atom. The Labute approximate surface area is 141 Å². The third kappa shape index (κ3) is 3.02. The molecule has 2 N–H and O–H groups in total. The van der Waals surface area contributed by atoms with Crippen molar-refractivity contribution < 1.29 is 4.39 Å². The van der Waals surface area contributed by atoms with Gasteiger partial charge < -0.3 is 10.6 Å². The maximum absolute atomic E-state index is 15.1. The van der Waals surface area contributed by atoms with Crippen molar-refractivity contribution in [1.82, 2.24) is 0 Å². The molecule has 3 nitrogen and oxygen atoms in total. The molecule has 0 aromatic heterocycles. The van der Waals surface area contributed by atoms with Crippen molar-refractivity contribution in [3.8, 4) is 6.07 Å². The van der Waals surface area contributed by atoms with Gasteiger partial charge in [-0.15, -0.1) is 0 Å². The first-order valence-corrected chi connectivity index (χ1v) is 7.79. The fraction of sp³-hybridized carbons (Fsp3) is 0.150. The number of benzene rings is 2. The largest absolute Gasteiger partial charge is 0.382 e. The van der Waals surface area contributed by atoms with Gasteiger partial charge in [-0.1, -0.05) is 24.8 Å². The van der Waals surface area contributed by atoms with Gasteiger partial charge in [-0.05, 0) is 42.3 Å². The van der Waals surface area contributed by atoms with Crippen LogP contribution >= 0.6 is 0 Å². The number of allylic oxidation sites excluding steroid dienone is 1. The Bertz CT molecular complexity index is 857. The van der Waals surface area contributed by atoms with Gasteiger partial charge in [0.1, 0.15) is 5.83 Å².